The fourth-order valence-electron chi connectivity index (χ4n) is 1.62. The van der Waals surface area contributed by atoms with Crippen LogP contribution in [0.5, 0.6) is 0 Å². The minimum atomic E-state index is -0.848. The Morgan fingerprint density at radius 3 is 1.58 bits per heavy atom. The number of nitrogens with one attached hydrogen (secondary N) is 1. The number of hydrogen-bond donors (Lipinski definition) is 2. The lowest BCUT2D eigenvalue weighted by atomic mass is 10.4. The van der Waals surface area contributed by atoms with Crippen molar-refractivity contribution < 1.29 is 33.6 Å². The Morgan fingerprint density at radius 1 is 0.750 bits per heavy atom. The molecule has 0 fully saturated rings. The van der Waals surface area contributed by atoms with Crippen LogP contribution >= 0.6 is 0 Å². The quantitative estimate of drug-likeness (QED) is 0.307. The molecule has 8 heteroatoms. The van der Waals surface area contributed by atoms with Crippen molar-refractivity contribution in [3.8, 4) is 0 Å². The van der Waals surface area contributed by atoms with Crippen molar-refractivity contribution in [2.45, 2.75) is 19.8 Å². The van der Waals surface area contributed by atoms with Gasteiger partial charge in [-0.15, -0.1) is 0 Å². The number of carboxylic acid groups (broad SMARTS) is 1. The van der Waals surface area contributed by atoms with Gasteiger partial charge in [0.05, 0.1) is 59.4 Å². The lowest BCUT2D eigenvalue weighted by molar-refractivity contribution is -0.135. The first kappa shape index (κ1) is 23.2. The molecule has 0 aromatic heterocycles. The average Bonchev–Trinajstić information content (AvgIpc) is 2.56. The number of aliphatic carboxylic acids is 1. The molecular weight excluding hydrogens is 318 g/mol. The van der Waals surface area contributed by atoms with Crippen molar-refractivity contribution in [3.63, 3.8) is 0 Å². The van der Waals surface area contributed by atoms with Crippen LogP contribution in [0.1, 0.15) is 19.8 Å². The van der Waals surface area contributed by atoms with Gasteiger partial charge in [0.1, 0.15) is 0 Å². The van der Waals surface area contributed by atoms with E-state index in [1.54, 1.807) is 0 Å². The van der Waals surface area contributed by atoms with Gasteiger partial charge in [0.2, 0.25) is 0 Å². The highest BCUT2D eigenvalue weighted by molar-refractivity contribution is 5.68. The highest BCUT2D eigenvalue weighted by Gasteiger charge is 1.95. The Labute approximate surface area is 144 Å². The van der Waals surface area contributed by atoms with Crippen molar-refractivity contribution in [3.05, 3.63) is 0 Å². The van der Waals surface area contributed by atoms with Gasteiger partial charge in [0, 0.05) is 13.2 Å². The van der Waals surface area contributed by atoms with E-state index in [0.717, 1.165) is 19.4 Å². The van der Waals surface area contributed by atoms with Gasteiger partial charge in [-0.1, -0.05) is 6.92 Å². The molecule has 0 amide bonds. The molecule has 0 rings (SSSR count). The molecule has 0 unspecified atom stereocenters. The summed E-state index contributed by atoms with van der Waals surface area (Å²) >= 11 is 0. The maximum Gasteiger partial charge on any atom is 0.317 e. The van der Waals surface area contributed by atoms with Crippen LogP contribution in [0, 0.1) is 0 Å². The van der Waals surface area contributed by atoms with Gasteiger partial charge < -0.3 is 34.1 Å². The fraction of sp³-hybridized carbons (Fsp3) is 0.938. The highest BCUT2D eigenvalue weighted by atomic mass is 16.6. The largest absolute Gasteiger partial charge is 0.480 e. The first-order valence-electron chi connectivity index (χ1n) is 8.58. The van der Waals surface area contributed by atoms with Gasteiger partial charge in [-0.2, -0.15) is 0 Å². The van der Waals surface area contributed by atoms with Gasteiger partial charge in [0.25, 0.3) is 0 Å². The molecule has 0 radical (unpaired) electrons. The van der Waals surface area contributed by atoms with Crippen molar-refractivity contribution in [2.24, 2.45) is 0 Å². The van der Waals surface area contributed by atoms with Crippen LogP contribution in [-0.4, -0.2) is 90.2 Å². The van der Waals surface area contributed by atoms with Crippen LogP contribution in [0.3, 0.4) is 0 Å². The van der Waals surface area contributed by atoms with Gasteiger partial charge in [-0.3, -0.25) is 4.79 Å². The maximum atomic E-state index is 10.2. The van der Waals surface area contributed by atoms with Gasteiger partial charge in [-0.05, 0) is 19.4 Å². The zero-order chi connectivity index (χ0) is 17.7. The van der Waals surface area contributed by atoms with Crippen molar-refractivity contribution in [1.82, 2.24) is 5.32 Å². The average molecular weight is 351 g/mol. The van der Waals surface area contributed by atoms with Crippen molar-refractivity contribution in [1.29, 1.82) is 0 Å². The standard InChI is InChI=1S/C16H33NO7/c1-2-5-20-7-9-22-11-13-24-14-12-23-10-8-21-6-3-4-17-15-16(18)19/h17H,2-15H2,1H3,(H,18,19). The van der Waals surface area contributed by atoms with Gasteiger partial charge >= 0.3 is 5.97 Å². The second-order valence-corrected chi connectivity index (χ2v) is 4.99. The van der Waals surface area contributed by atoms with E-state index >= 15 is 0 Å². The number of ether oxygens (including phenoxy) is 5. The van der Waals surface area contributed by atoms with E-state index in [1.165, 1.54) is 0 Å². The molecule has 24 heavy (non-hydrogen) atoms. The first-order chi connectivity index (χ1) is 11.8. The fourth-order valence-corrected chi connectivity index (χ4v) is 1.62. The number of carboxylic acids is 1. The second kappa shape index (κ2) is 20.3. The summed E-state index contributed by atoms with van der Waals surface area (Å²) in [6, 6.07) is 0. The summed E-state index contributed by atoms with van der Waals surface area (Å²) in [5, 5.41) is 11.2. The molecule has 0 aromatic carbocycles. The van der Waals surface area contributed by atoms with E-state index in [4.69, 9.17) is 28.8 Å². The Kier molecular flexibility index (Phi) is 19.6. The molecule has 0 bridgehead atoms. The summed E-state index contributed by atoms with van der Waals surface area (Å²) in [5.41, 5.74) is 0. The lowest BCUT2D eigenvalue weighted by Gasteiger charge is -2.08. The molecule has 0 aliphatic heterocycles. The van der Waals surface area contributed by atoms with Crippen LogP contribution in [0.4, 0.5) is 0 Å². The van der Waals surface area contributed by atoms with Crippen LogP contribution in [0.25, 0.3) is 0 Å². The predicted molar refractivity (Wildman–Crippen MR) is 89.5 cm³/mol. The van der Waals surface area contributed by atoms with Gasteiger partial charge in [0.15, 0.2) is 0 Å². The van der Waals surface area contributed by atoms with Crippen LogP contribution in [-0.2, 0) is 28.5 Å². The third-order valence-corrected chi connectivity index (χ3v) is 2.75. The molecule has 2 N–H and O–H groups in total. The summed E-state index contributed by atoms with van der Waals surface area (Å²) in [7, 11) is 0. The SMILES string of the molecule is CCCOCCOCCOCCOCCOCCCNCC(=O)O. The molecule has 0 saturated carbocycles. The van der Waals surface area contributed by atoms with E-state index in [9.17, 15) is 4.79 Å². The molecular formula is C16H33NO7. The molecule has 0 saturated heterocycles. The van der Waals surface area contributed by atoms with E-state index in [1.807, 2.05) is 0 Å². The predicted octanol–water partition coefficient (Wildman–Crippen LogP) is 0.544. The molecule has 0 heterocycles. The van der Waals surface area contributed by atoms with E-state index in [2.05, 4.69) is 12.2 Å². The first-order valence-corrected chi connectivity index (χ1v) is 8.58. The molecule has 0 aliphatic carbocycles. The Morgan fingerprint density at radius 2 is 1.17 bits per heavy atom. The highest BCUT2D eigenvalue weighted by Crippen LogP contribution is 1.85. The Hall–Kier alpha value is -0.770. The van der Waals surface area contributed by atoms with Crippen molar-refractivity contribution >= 4 is 5.97 Å². The molecule has 0 atom stereocenters. The zero-order valence-corrected chi connectivity index (χ0v) is 14.8. The molecule has 0 aromatic rings. The normalized spacial score (nSPS) is 11.0. The smallest absolute Gasteiger partial charge is 0.317 e. The number of hydrogen-bond acceptors (Lipinski definition) is 7. The van der Waals surface area contributed by atoms with Crippen LogP contribution in [0.15, 0.2) is 0 Å². The summed E-state index contributed by atoms with van der Waals surface area (Å²) < 4.78 is 26.7. The summed E-state index contributed by atoms with van der Waals surface area (Å²) in [6.45, 7) is 8.53. The molecule has 8 nitrogen and oxygen atoms in total. The van der Waals surface area contributed by atoms with Crippen molar-refractivity contribution in [2.75, 3.05) is 79.2 Å². The van der Waals surface area contributed by atoms with Gasteiger partial charge in [-0.25, -0.2) is 0 Å². The minimum absolute atomic E-state index is 0.0131. The lowest BCUT2D eigenvalue weighted by Crippen LogP contribution is -2.24. The van der Waals surface area contributed by atoms with Crippen LogP contribution in [0.2, 0.25) is 0 Å². The van der Waals surface area contributed by atoms with E-state index in [-0.39, 0.29) is 6.54 Å². The Bertz CT molecular complexity index is 267. The Balaban J connectivity index is 2.97. The summed E-state index contributed by atoms with van der Waals surface area (Å²) in [4.78, 5) is 10.2. The number of carbonyl (C=O) groups is 1. The number of rotatable bonds is 20. The summed E-state index contributed by atoms with van der Waals surface area (Å²) in [6.07, 6.45) is 1.80. The second-order valence-electron chi connectivity index (χ2n) is 4.99. The third kappa shape index (κ3) is 21.2. The molecule has 0 spiro atoms. The third-order valence-electron chi connectivity index (χ3n) is 2.75. The minimum Gasteiger partial charge on any atom is -0.480 e. The van der Waals surface area contributed by atoms with E-state index < -0.39 is 5.97 Å². The molecule has 144 valence electrons. The maximum absolute atomic E-state index is 10.2. The zero-order valence-electron chi connectivity index (χ0n) is 14.8. The molecule has 0 aliphatic rings. The van der Waals surface area contributed by atoms with Crippen LogP contribution < -0.4 is 5.32 Å². The van der Waals surface area contributed by atoms with E-state index in [0.29, 0.717) is 66.0 Å². The monoisotopic (exact) mass is 351 g/mol. The summed E-state index contributed by atoms with van der Waals surface area (Å²) in [5.74, 6) is -0.848. The topological polar surface area (TPSA) is 95.5 Å².